The summed E-state index contributed by atoms with van der Waals surface area (Å²) in [6.45, 7) is 8.28. The number of rotatable bonds is 2. The highest BCUT2D eigenvalue weighted by atomic mass is 16.6. The number of fused-ring (bicyclic) bond motifs is 2. The number of carbonyl (C=O) groups excluding carboxylic acids is 2. The summed E-state index contributed by atoms with van der Waals surface area (Å²) in [7, 11) is 0. The normalized spacial score (nSPS) is 18.5. The van der Waals surface area contributed by atoms with E-state index in [0.717, 1.165) is 18.5 Å². The number of hydrogen-bond acceptors (Lipinski definition) is 6. The first-order valence-corrected chi connectivity index (χ1v) is 7.90. The Morgan fingerprint density at radius 3 is 2.61 bits per heavy atom. The predicted molar refractivity (Wildman–Crippen MR) is 80.0 cm³/mol. The van der Waals surface area contributed by atoms with E-state index in [-0.39, 0.29) is 30.4 Å². The molecule has 0 unspecified atom stereocenters. The van der Waals surface area contributed by atoms with Crippen LogP contribution in [0.15, 0.2) is 4.52 Å². The first kappa shape index (κ1) is 15.8. The van der Waals surface area contributed by atoms with Gasteiger partial charge in [0.05, 0.1) is 24.4 Å². The van der Waals surface area contributed by atoms with Crippen molar-refractivity contribution in [2.75, 3.05) is 13.2 Å². The Hall–Kier alpha value is -2.05. The topological polar surface area (TPSA) is 81.9 Å². The van der Waals surface area contributed by atoms with Crippen LogP contribution in [-0.4, -0.2) is 40.9 Å². The summed E-state index contributed by atoms with van der Waals surface area (Å²) in [6, 6.07) is 0. The maximum absolute atomic E-state index is 12.4. The van der Waals surface area contributed by atoms with E-state index in [2.05, 4.69) is 5.16 Å². The van der Waals surface area contributed by atoms with Crippen LogP contribution in [0.25, 0.3) is 0 Å². The number of amides is 1. The fourth-order valence-corrected chi connectivity index (χ4v) is 2.92. The van der Waals surface area contributed by atoms with E-state index in [0.29, 0.717) is 12.1 Å². The molecule has 1 saturated carbocycles. The minimum Gasteiger partial charge on any atom is -0.460 e. The van der Waals surface area contributed by atoms with Crippen LogP contribution in [0.1, 0.15) is 62.3 Å². The van der Waals surface area contributed by atoms with Crippen molar-refractivity contribution in [2.24, 2.45) is 0 Å². The summed E-state index contributed by atoms with van der Waals surface area (Å²) in [6.07, 6.45) is 1.47. The zero-order valence-corrected chi connectivity index (χ0v) is 14.0. The van der Waals surface area contributed by atoms with Crippen molar-refractivity contribution in [1.29, 1.82) is 0 Å². The van der Waals surface area contributed by atoms with E-state index in [1.54, 1.807) is 11.8 Å². The Morgan fingerprint density at radius 1 is 1.35 bits per heavy atom. The summed E-state index contributed by atoms with van der Waals surface area (Å²) in [5.74, 6) is -0.440. The summed E-state index contributed by atoms with van der Waals surface area (Å²) in [4.78, 5) is 26.1. The largest absolute Gasteiger partial charge is 0.460 e. The lowest BCUT2D eigenvalue weighted by molar-refractivity contribution is 0.0192. The molecule has 1 spiro atoms. The van der Waals surface area contributed by atoms with Crippen LogP contribution in [0.4, 0.5) is 4.79 Å². The van der Waals surface area contributed by atoms with Gasteiger partial charge < -0.3 is 18.9 Å². The molecule has 1 aromatic heterocycles. The van der Waals surface area contributed by atoms with Gasteiger partial charge in [-0.15, -0.1) is 0 Å². The second-order valence-corrected chi connectivity index (χ2v) is 7.18. The first-order valence-electron chi connectivity index (χ1n) is 7.90. The number of hydrogen-bond donors (Lipinski definition) is 0. The monoisotopic (exact) mass is 322 g/mol. The second-order valence-electron chi connectivity index (χ2n) is 7.18. The number of nitrogens with zero attached hydrogens (tertiary/aromatic N) is 2. The Balaban J connectivity index is 1.88. The molecule has 1 aliphatic heterocycles. The van der Waals surface area contributed by atoms with E-state index in [4.69, 9.17) is 14.0 Å². The smallest absolute Gasteiger partial charge is 0.410 e. The van der Waals surface area contributed by atoms with Crippen molar-refractivity contribution in [3.8, 4) is 0 Å². The molecule has 1 aromatic rings. The van der Waals surface area contributed by atoms with Crippen molar-refractivity contribution >= 4 is 12.1 Å². The maximum Gasteiger partial charge on any atom is 0.410 e. The van der Waals surface area contributed by atoms with Crippen molar-refractivity contribution in [3.63, 3.8) is 0 Å². The van der Waals surface area contributed by atoms with E-state index in [9.17, 15) is 9.59 Å². The van der Waals surface area contributed by atoms with Crippen molar-refractivity contribution in [2.45, 2.75) is 58.1 Å². The SMILES string of the molecule is CCOC(=O)c1onc2c1CN(C(=O)OC(C)(C)C)CC21CC1. The zero-order chi connectivity index (χ0) is 16.8. The van der Waals surface area contributed by atoms with Gasteiger partial charge in [-0.3, -0.25) is 0 Å². The molecule has 1 amide bonds. The van der Waals surface area contributed by atoms with E-state index < -0.39 is 11.6 Å². The molecule has 7 heteroatoms. The molecule has 0 N–H and O–H groups in total. The lowest BCUT2D eigenvalue weighted by Gasteiger charge is -2.33. The van der Waals surface area contributed by atoms with E-state index in [1.165, 1.54) is 0 Å². The van der Waals surface area contributed by atoms with Crippen LogP contribution in [-0.2, 0) is 21.4 Å². The first-order chi connectivity index (χ1) is 10.8. The summed E-state index contributed by atoms with van der Waals surface area (Å²) < 4.78 is 15.7. The molecule has 0 aromatic carbocycles. The maximum atomic E-state index is 12.4. The molecule has 1 fully saturated rings. The van der Waals surface area contributed by atoms with Crippen molar-refractivity contribution in [3.05, 3.63) is 17.0 Å². The lowest BCUT2D eigenvalue weighted by atomic mass is 9.92. The van der Waals surface area contributed by atoms with Gasteiger partial charge in [0.15, 0.2) is 0 Å². The number of esters is 1. The van der Waals surface area contributed by atoms with Gasteiger partial charge in [0.2, 0.25) is 5.76 Å². The highest BCUT2D eigenvalue weighted by molar-refractivity contribution is 5.88. The van der Waals surface area contributed by atoms with Crippen LogP contribution >= 0.6 is 0 Å². The fraction of sp³-hybridized carbons (Fsp3) is 0.688. The second kappa shape index (κ2) is 5.25. The van der Waals surface area contributed by atoms with Crippen molar-refractivity contribution in [1.82, 2.24) is 10.1 Å². The summed E-state index contributed by atoms with van der Waals surface area (Å²) in [5, 5.41) is 4.09. The fourth-order valence-electron chi connectivity index (χ4n) is 2.92. The van der Waals surface area contributed by atoms with Crippen LogP contribution < -0.4 is 0 Å². The third kappa shape index (κ3) is 2.92. The average Bonchev–Trinajstić information content (AvgIpc) is 3.05. The van der Waals surface area contributed by atoms with Gasteiger partial charge >= 0.3 is 12.1 Å². The van der Waals surface area contributed by atoms with Gasteiger partial charge in [-0.1, -0.05) is 5.16 Å². The van der Waals surface area contributed by atoms with Gasteiger partial charge in [-0.05, 0) is 40.5 Å². The highest BCUT2D eigenvalue weighted by Crippen LogP contribution is 2.52. The molecular formula is C16H22N2O5. The molecular weight excluding hydrogens is 300 g/mol. The molecule has 0 saturated heterocycles. The van der Waals surface area contributed by atoms with Crippen LogP contribution in [0.2, 0.25) is 0 Å². The Bertz CT molecular complexity index is 639. The summed E-state index contributed by atoms with van der Waals surface area (Å²) >= 11 is 0. The minimum absolute atomic E-state index is 0.0985. The third-order valence-electron chi connectivity index (χ3n) is 4.10. The molecule has 0 atom stereocenters. The number of ether oxygens (including phenoxy) is 2. The molecule has 2 aliphatic rings. The molecule has 0 radical (unpaired) electrons. The molecule has 23 heavy (non-hydrogen) atoms. The highest BCUT2D eigenvalue weighted by Gasteiger charge is 2.54. The standard InChI is InChI=1S/C16H22N2O5/c1-5-21-13(19)11-10-8-18(14(20)22-15(2,3)4)9-16(6-7-16)12(10)17-23-11/h5-9H2,1-4H3. The van der Waals surface area contributed by atoms with Crippen LogP contribution in [0, 0.1) is 0 Å². The van der Waals surface area contributed by atoms with Gasteiger partial charge in [0.25, 0.3) is 0 Å². The van der Waals surface area contributed by atoms with E-state index >= 15 is 0 Å². The van der Waals surface area contributed by atoms with Crippen molar-refractivity contribution < 1.29 is 23.6 Å². The van der Waals surface area contributed by atoms with Crippen LogP contribution in [0.5, 0.6) is 0 Å². The molecule has 0 bridgehead atoms. The quantitative estimate of drug-likeness (QED) is 0.779. The number of aromatic nitrogens is 1. The van der Waals surface area contributed by atoms with Crippen LogP contribution in [0.3, 0.4) is 0 Å². The average molecular weight is 322 g/mol. The minimum atomic E-state index is -0.563. The zero-order valence-electron chi connectivity index (χ0n) is 14.0. The van der Waals surface area contributed by atoms with Gasteiger partial charge in [-0.2, -0.15) is 0 Å². The van der Waals surface area contributed by atoms with Gasteiger partial charge in [-0.25, -0.2) is 9.59 Å². The number of carbonyl (C=O) groups is 2. The molecule has 1 aliphatic carbocycles. The predicted octanol–water partition coefficient (Wildman–Crippen LogP) is 2.63. The third-order valence-corrected chi connectivity index (χ3v) is 4.10. The lowest BCUT2D eigenvalue weighted by Crippen LogP contribution is -2.44. The molecule has 2 heterocycles. The summed E-state index contributed by atoms with van der Waals surface area (Å²) in [5.41, 5.74) is 0.684. The van der Waals surface area contributed by atoms with Gasteiger partial charge in [0.1, 0.15) is 5.60 Å². The Kier molecular flexibility index (Phi) is 3.61. The Labute approximate surface area is 134 Å². The van der Waals surface area contributed by atoms with E-state index in [1.807, 2.05) is 20.8 Å². The van der Waals surface area contributed by atoms with Gasteiger partial charge in [0, 0.05) is 12.0 Å². The molecule has 3 rings (SSSR count). The molecule has 126 valence electrons. The Morgan fingerprint density at radius 2 is 2.04 bits per heavy atom. The molecule has 7 nitrogen and oxygen atoms in total.